The van der Waals surface area contributed by atoms with Crippen LogP contribution in [0.1, 0.15) is 51.4 Å². The van der Waals surface area contributed by atoms with E-state index < -0.39 is 9.84 Å². The summed E-state index contributed by atoms with van der Waals surface area (Å²) >= 11 is 0. The van der Waals surface area contributed by atoms with Crippen LogP contribution in [-0.2, 0) is 9.84 Å². The van der Waals surface area contributed by atoms with E-state index in [0.29, 0.717) is 18.1 Å². The predicted octanol–water partition coefficient (Wildman–Crippen LogP) is 1.55. The van der Waals surface area contributed by atoms with Crippen molar-refractivity contribution in [1.82, 2.24) is 4.90 Å². The SMILES string of the molecule is CN(C1CCS(=O)(=O)C1)C1(CN)CCCCCCC1. The first-order valence-electron chi connectivity index (χ1n) is 7.63. The van der Waals surface area contributed by atoms with E-state index in [-0.39, 0.29) is 11.6 Å². The zero-order valence-electron chi connectivity index (χ0n) is 12.1. The molecule has 2 fully saturated rings. The van der Waals surface area contributed by atoms with Crippen molar-refractivity contribution in [3.05, 3.63) is 0 Å². The number of nitrogens with two attached hydrogens (primary N) is 1. The molecule has 0 amide bonds. The van der Waals surface area contributed by atoms with Gasteiger partial charge in [0.1, 0.15) is 0 Å². The molecule has 0 spiro atoms. The third-order valence-electron chi connectivity index (χ3n) is 5.17. The molecule has 0 aromatic carbocycles. The lowest BCUT2D eigenvalue weighted by Gasteiger charge is -2.45. The predicted molar refractivity (Wildman–Crippen MR) is 78.9 cm³/mol. The first kappa shape index (κ1) is 15.3. The zero-order valence-corrected chi connectivity index (χ0v) is 12.9. The second-order valence-electron chi connectivity index (χ2n) is 6.36. The van der Waals surface area contributed by atoms with Crippen LogP contribution in [0.5, 0.6) is 0 Å². The average Bonchev–Trinajstić information content (AvgIpc) is 2.70. The number of hydrogen-bond acceptors (Lipinski definition) is 4. The van der Waals surface area contributed by atoms with Crippen LogP contribution in [0.25, 0.3) is 0 Å². The molecular formula is C14H28N2O2S. The molecule has 0 aromatic heterocycles. The van der Waals surface area contributed by atoms with E-state index in [2.05, 4.69) is 11.9 Å². The van der Waals surface area contributed by atoms with Gasteiger partial charge in [0.2, 0.25) is 0 Å². The molecular weight excluding hydrogens is 260 g/mol. The second kappa shape index (κ2) is 6.10. The van der Waals surface area contributed by atoms with E-state index in [1.165, 1.54) is 32.1 Å². The number of rotatable bonds is 3. The Labute approximate surface area is 117 Å². The van der Waals surface area contributed by atoms with Crippen molar-refractivity contribution in [3.8, 4) is 0 Å². The van der Waals surface area contributed by atoms with Crippen molar-refractivity contribution in [3.63, 3.8) is 0 Å². The molecule has 1 saturated heterocycles. The standard InChI is InChI=1S/C14H28N2O2S/c1-16(13-7-10-19(17,18)11-13)14(12-15)8-5-3-2-4-6-9-14/h13H,2-12,15H2,1H3. The van der Waals surface area contributed by atoms with Crippen LogP contribution in [0.3, 0.4) is 0 Å². The van der Waals surface area contributed by atoms with Crippen molar-refractivity contribution in [2.24, 2.45) is 5.73 Å². The van der Waals surface area contributed by atoms with E-state index in [1.54, 1.807) is 0 Å². The van der Waals surface area contributed by atoms with Crippen molar-refractivity contribution in [2.45, 2.75) is 62.9 Å². The molecule has 2 rings (SSSR count). The van der Waals surface area contributed by atoms with Gasteiger partial charge in [0.25, 0.3) is 0 Å². The van der Waals surface area contributed by atoms with E-state index in [9.17, 15) is 8.42 Å². The van der Waals surface area contributed by atoms with E-state index >= 15 is 0 Å². The molecule has 1 atom stereocenters. The third-order valence-corrected chi connectivity index (χ3v) is 6.92. The van der Waals surface area contributed by atoms with Gasteiger partial charge in [-0.1, -0.05) is 32.1 Å². The van der Waals surface area contributed by atoms with Crippen LogP contribution < -0.4 is 5.73 Å². The van der Waals surface area contributed by atoms with Crippen molar-refractivity contribution in [2.75, 3.05) is 25.1 Å². The van der Waals surface area contributed by atoms with Gasteiger partial charge in [0.15, 0.2) is 9.84 Å². The highest BCUT2D eigenvalue weighted by atomic mass is 32.2. The summed E-state index contributed by atoms with van der Waals surface area (Å²) in [6.45, 7) is 0.653. The Morgan fingerprint density at radius 3 is 2.21 bits per heavy atom. The number of sulfone groups is 1. The maximum atomic E-state index is 11.7. The van der Waals surface area contributed by atoms with Gasteiger partial charge in [-0.2, -0.15) is 0 Å². The van der Waals surface area contributed by atoms with Gasteiger partial charge in [0, 0.05) is 18.1 Å². The van der Waals surface area contributed by atoms with Crippen molar-refractivity contribution < 1.29 is 8.42 Å². The Hall–Kier alpha value is -0.130. The number of likely N-dealkylation sites (N-methyl/N-ethyl adjacent to an activating group) is 1. The van der Waals surface area contributed by atoms with Crippen LogP contribution in [0.4, 0.5) is 0 Å². The van der Waals surface area contributed by atoms with Crippen molar-refractivity contribution in [1.29, 1.82) is 0 Å². The summed E-state index contributed by atoms with van der Waals surface area (Å²) < 4.78 is 23.4. The molecule has 19 heavy (non-hydrogen) atoms. The minimum absolute atomic E-state index is 0.0327. The van der Waals surface area contributed by atoms with E-state index in [0.717, 1.165) is 19.3 Å². The van der Waals surface area contributed by atoms with Crippen LogP contribution in [0.2, 0.25) is 0 Å². The Balaban J connectivity index is 2.10. The Morgan fingerprint density at radius 2 is 1.74 bits per heavy atom. The number of hydrogen-bond donors (Lipinski definition) is 1. The van der Waals surface area contributed by atoms with Gasteiger partial charge < -0.3 is 5.73 Å². The van der Waals surface area contributed by atoms with Crippen LogP contribution >= 0.6 is 0 Å². The minimum atomic E-state index is -2.81. The lowest BCUT2D eigenvalue weighted by atomic mass is 9.82. The normalized spacial score (nSPS) is 31.0. The summed E-state index contributed by atoms with van der Waals surface area (Å²) in [7, 11) is -0.716. The summed E-state index contributed by atoms with van der Waals surface area (Å²) in [6, 6.07) is 0.174. The topological polar surface area (TPSA) is 63.4 Å². The molecule has 5 heteroatoms. The van der Waals surface area contributed by atoms with Crippen LogP contribution in [0, 0.1) is 0 Å². The molecule has 1 unspecified atom stereocenters. The first-order chi connectivity index (χ1) is 8.99. The van der Waals surface area contributed by atoms with Gasteiger partial charge in [-0.15, -0.1) is 0 Å². The molecule has 2 aliphatic rings. The summed E-state index contributed by atoms with van der Waals surface area (Å²) in [4.78, 5) is 2.32. The van der Waals surface area contributed by atoms with Gasteiger partial charge in [0.05, 0.1) is 11.5 Å². The molecule has 112 valence electrons. The van der Waals surface area contributed by atoms with E-state index in [4.69, 9.17) is 5.73 Å². The Bertz CT molecular complexity index is 386. The van der Waals surface area contributed by atoms with E-state index in [1.807, 2.05) is 0 Å². The molecule has 1 heterocycles. The average molecular weight is 288 g/mol. The maximum absolute atomic E-state index is 11.7. The molecule has 0 radical (unpaired) electrons. The monoisotopic (exact) mass is 288 g/mol. The second-order valence-corrected chi connectivity index (χ2v) is 8.59. The lowest BCUT2D eigenvalue weighted by Crippen LogP contribution is -2.56. The van der Waals surface area contributed by atoms with Gasteiger partial charge in [-0.05, 0) is 26.3 Å². The Morgan fingerprint density at radius 1 is 1.16 bits per heavy atom. The fourth-order valence-electron chi connectivity index (χ4n) is 3.73. The van der Waals surface area contributed by atoms with Crippen LogP contribution in [0.15, 0.2) is 0 Å². The smallest absolute Gasteiger partial charge is 0.151 e. The maximum Gasteiger partial charge on any atom is 0.151 e. The highest BCUT2D eigenvalue weighted by Crippen LogP contribution is 2.33. The minimum Gasteiger partial charge on any atom is -0.329 e. The van der Waals surface area contributed by atoms with Gasteiger partial charge in [-0.25, -0.2) is 8.42 Å². The van der Waals surface area contributed by atoms with Crippen LogP contribution in [-0.4, -0.2) is 50.0 Å². The molecule has 2 N–H and O–H groups in total. The molecule has 1 saturated carbocycles. The zero-order chi connectivity index (χ0) is 13.9. The largest absolute Gasteiger partial charge is 0.329 e. The summed E-state index contributed by atoms with van der Waals surface area (Å²) in [6.07, 6.45) is 9.38. The Kier molecular flexibility index (Phi) is 4.90. The summed E-state index contributed by atoms with van der Waals surface area (Å²) in [5, 5.41) is 0. The fourth-order valence-corrected chi connectivity index (χ4v) is 5.51. The summed E-state index contributed by atoms with van der Waals surface area (Å²) in [5.41, 5.74) is 6.14. The van der Waals surface area contributed by atoms with Gasteiger partial charge in [-0.3, -0.25) is 4.90 Å². The first-order valence-corrected chi connectivity index (χ1v) is 9.45. The summed E-state index contributed by atoms with van der Waals surface area (Å²) in [5.74, 6) is 0.675. The molecule has 1 aliphatic heterocycles. The fraction of sp³-hybridized carbons (Fsp3) is 1.00. The molecule has 4 nitrogen and oxygen atoms in total. The highest BCUT2D eigenvalue weighted by molar-refractivity contribution is 7.91. The molecule has 0 bridgehead atoms. The highest BCUT2D eigenvalue weighted by Gasteiger charge is 2.40. The van der Waals surface area contributed by atoms with Crippen molar-refractivity contribution >= 4 is 9.84 Å². The lowest BCUT2D eigenvalue weighted by molar-refractivity contribution is 0.0614. The van der Waals surface area contributed by atoms with Gasteiger partial charge >= 0.3 is 0 Å². The number of nitrogens with zero attached hydrogens (tertiary/aromatic N) is 1. The molecule has 1 aliphatic carbocycles. The quantitative estimate of drug-likeness (QED) is 0.856. The third kappa shape index (κ3) is 3.50. The molecule has 0 aromatic rings.